The molecule has 54 heavy (non-hydrogen) atoms. The van der Waals surface area contributed by atoms with Crippen LogP contribution in [0, 0.1) is 0 Å². The molecular formula is C42H28Br2O8S2. The van der Waals surface area contributed by atoms with Crippen LogP contribution in [0.1, 0.15) is 0 Å². The van der Waals surface area contributed by atoms with Crippen molar-refractivity contribution in [2.24, 2.45) is 0 Å². The third-order valence-electron chi connectivity index (χ3n) is 7.87. The second-order valence-corrected chi connectivity index (χ2v) is 17.3. The van der Waals surface area contributed by atoms with E-state index in [4.69, 9.17) is 18.9 Å². The first-order valence-electron chi connectivity index (χ1n) is 16.3. The Bertz CT molecular complexity index is 2480. The zero-order chi connectivity index (χ0) is 37.7. The topological polar surface area (TPSA) is 105 Å². The smallest absolute Gasteiger partial charge is 0.210 e. The van der Waals surface area contributed by atoms with Crippen molar-refractivity contribution in [1.29, 1.82) is 0 Å². The van der Waals surface area contributed by atoms with Crippen LogP contribution in [-0.4, -0.2) is 16.8 Å². The first kappa shape index (κ1) is 36.9. The van der Waals surface area contributed by atoms with Gasteiger partial charge in [0.1, 0.15) is 55.8 Å². The molecular weight excluding hydrogens is 856 g/mol. The Morgan fingerprint density at radius 3 is 1.07 bits per heavy atom. The summed E-state index contributed by atoms with van der Waals surface area (Å²) in [6, 6.07) is 46.3. The standard InChI is InChI=1S/C42H28Br2O8S2/c43-29-8-5-10-33(26-29)51-39-14-1-3-16-41(39)53(45,46)37-22-18-31(19-23-37)49-35-12-7-13-36(28-35)50-32-20-24-38(25-21-32)54(47,48)42-17-4-2-15-40(42)52-34-11-6-9-30(44)27-34/h1-28H. The van der Waals surface area contributed by atoms with Crippen LogP contribution in [0.15, 0.2) is 198 Å². The van der Waals surface area contributed by atoms with Gasteiger partial charge in [-0.15, -0.1) is 0 Å². The van der Waals surface area contributed by atoms with Crippen LogP contribution < -0.4 is 18.9 Å². The molecule has 0 spiro atoms. The lowest BCUT2D eigenvalue weighted by atomic mass is 10.3. The summed E-state index contributed by atoms with van der Waals surface area (Å²) < 4.78 is 80.1. The lowest BCUT2D eigenvalue weighted by Crippen LogP contribution is -2.04. The van der Waals surface area contributed by atoms with E-state index < -0.39 is 19.7 Å². The van der Waals surface area contributed by atoms with E-state index in [2.05, 4.69) is 31.9 Å². The second kappa shape index (κ2) is 15.9. The molecule has 0 atom stereocenters. The van der Waals surface area contributed by atoms with Gasteiger partial charge in [0.25, 0.3) is 0 Å². The van der Waals surface area contributed by atoms with Crippen molar-refractivity contribution in [2.45, 2.75) is 19.6 Å². The van der Waals surface area contributed by atoms with Gasteiger partial charge in [0, 0.05) is 15.0 Å². The summed E-state index contributed by atoms with van der Waals surface area (Å²) >= 11 is 6.81. The molecule has 0 heterocycles. The Morgan fingerprint density at radius 1 is 0.333 bits per heavy atom. The van der Waals surface area contributed by atoms with Gasteiger partial charge >= 0.3 is 0 Å². The molecule has 0 aromatic heterocycles. The summed E-state index contributed by atoms with van der Waals surface area (Å²) in [5, 5.41) is 0. The Morgan fingerprint density at radius 2 is 0.685 bits per heavy atom. The van der Waals surface area contributed by atoms with Crippen molar-refractivity contribution in [3.8, 4) is 46.0 Å². The van der Waals surface area contributed by atoms with Crippen LogP contribution in [-0.2, 0) is 19.7 Å². The molecule has 7 rings (SSSR count). The van der Waals surface area contributed by atoms with Crippen molar-refractivity contribution in [3.63, 3.8) is 0 Å². The molecule has 12 heteroatoms. The minimum Gasteiger partial charge on any atom is -0.457 e. The van der Waals surface area contributed by atoms with Gasteiger partial charge in [0.2, 0.25) is 19.7 Å². The number of sulfone groups is 2. The largest absolute Gasteiger partial charge is 0.457 e. The zero-order valence-electron chi connectivity index (χ0n) is 28.0. The van der Waals surface area contributed by atoms with E-state index >= 15 is 0 Å². The number of ether oxygens (including phenoxy) is 4. The van der Waals surface area contributed by atoms with Crippen LogP contribution in [0.25, 0.3) is 0 Å². The van der Waals surface area contributed by atoms with Crippen molar-refractivity contribution < 1.29 is 35.8 Å². The molecule has 0 aliphatic heterocycles. The highest BCUT2D eigenvalue weighted by molar-refractivity contribution is 9.10. The van der Waals surface area contributed by atoms with Crippen LogP contribution in [0.5, 0.6) is 46.0 Å². The van der Waals surface area contributed by atoms with E-state index in [9.17, 15) is 16.8 Å². The fourth-order valence-corrected chi connectivity index (χ4v) is 8.85. The molecule has 270 valence electrons. The highest BCUT2D eigenvalue weighted by Crippen LogP contribution is 2.37. The van der Waals surface area contributed by atoms with Crippen LogP contribution in [0.3, 0.4) is 0 Å². The minimum atomic E-state index is -3.93. The van der Waals surface area contributed by atoms with Gasteiger partial charge in [0.05, 0.1) is 9.79 Å². The summed E-state index contributed by atoms with van der Waals surface area (Å²) in [7, 11) is -7.87. The quantitative estimate of drug-likeness (QED) is 0.119. The van der Waals surface area contributed by atoms with Gasteiger partial charge in [-0.05, 0) is 121 Å². The number of hydrogen-bond donors (Lipinski definition) is 0. The first-order valence-corrected chi connectivity index (χ1v) is 20.8. The van der Waals surface area contributed by atoms with Crippen molar-refractivity contribution in [2.75, 3.05) is 0 Å². The minimum absolute atomic E-state index is 0.0320. The lowest BCUT2D eigenvalue weighted by molar-refractivity contribution is 0.460. The first-order chi connectivity index (χ1) is 26.0. The fraction of sp³-hybridized carbons (Fsp3) is 0. The van der Waals surface area contributed by atoms with Crippen molar-refractivity contribution in [1.82, 2.24) is 0 Å². The highest BCUT2D eigenvalue weighted by atomic mass is 79.9. The maximum absolute atomic E-state index is 13.7. The summed E-state index contributed by atoms with van der Waals surface area (Å²) in [4.78, 5) is 0.209. The highest BCUT2D eigenvalue weighted by Gasteiger charge is 2.24. The van der Waals surface area contributed by atoms with E-state index in [1.165, 1.54) is 36.4 Å². The molecule has 0 aliphatic carbocycles. The van der Waals surface area contributed by atoms with E-state index in [-0.39, 0.29) is 31.1 Å². The van der Waals surface area contributed by atoms with Gasteiger partial charge in [-0.2, -0.15) is 0 Å². The summed E-state index contributed by atoms with van der Waals surface area (Å²) in [6.07, 6.45) is 0. The van der Waals surface area contributed by atoms with Gasteiger partial charge in [-0.3, -0.25) is 0 Å². The fourth-order valence-electron chi connectivity index (χ4n) is 5.33. The SMILES string of the molecule is O=S(=O)(c1ccc(Oc2cccc(Oc3ccc(S(=O)(=O)c4ccccc4Oc4cccc(Br)c4)cc3)c2)cc1)c1ccccc1Oc1cccc(Br)c1. The van der Waals surface area contributed by atoms with Gasteiger partial charge in [0.15, 0.2) is 0 Å². The van der Waals surface area contributed by atoms with E-state index in [1.807, 2.05) is 12.1 Å². The molecule has 0 saturated heterocycles. The second-order valence-electron chi connectivity index (χ2n) is 11.6. The molecule has 0 fully saturated rings. The molecule has 0 bridgehead atoms. The number of benzene rings is 7. The molecule has 0 radical (unpaired) electrons. The summed E-state index contributed by atoms with van der Waals surface area (Å²) in [5.41, 5.74) is 0. The molecule has 0 aliphatic rings. The molecule has 0 amide bonds. The average molecular weight is 885 g/mol. The Balaban J connectivity index is 1.03. The normalized spacial score (nSPS) is 11.4. The summed E-state index contributed by atoms with van der Waals surface area (Å²) in [6.45, 7) is 0. The maximum atomic E-state index is 13.7. The molecule has 8 nitrogen and oxygen atoms in total. The number of rotatable bonds is 12. The van der Waals surface area contributed by atoms with Crippen LogP contribution in [0.2, 0.25) is 0 Å². The monoisotopic (exact) mass is 882 g/mol. The summed E-state index contributed by atoms with van der Waals surface area (Å²) in [5.74, 6) is 3.09. The van der Waals surface area contributed by atoms with Crippen molar-refractivity contribution in [3.05, 3.63) is 179 Å². The third kappa shape index (κ3) is 8.53. The third-order valence-corrected chi connectivity index (χ3v) is 12.5. The number of hydrogen-bond acceptors (Lipinski definition) is 8. The lowest BCUT2D eigenvalue weighted by Gasteiger charge is -2.13. The van der Waals surface area contributed by atoms with E-state index in [1.54, 1.807) is 121 Å². The van der Waals surface area contributed by atoms with Crippen molar-refractivity contribution >= 4 is 51.5 Å². The van der Waals surface area contributed by atoms with Crippen LogP contribution in [0.4, 0.5) is 0 Å². The van der Waals surface area contributed by atoms with Gasteiger partial charge in [-0.25, -0.2) is 16.8 Å². The molecule has 0 saturated carbocycles. The maximum Gasteiger partial charge on any atom is 0.210 e. The van der Waals surface area contributed by atoms with Gasteiger partial charge in [-0.1, -0.05) is 74.3 Å². The molecule has 0 unspecified atom stereocenters. The predicted molar refractivity (Wildman–Crippen MR) is 212 cm³/mol. The Kier molecular flexibility index (Phi) is 10.9. The molecule has 0 N–H and O–H groups in total. The number of para-hydroxylation sites is 2. The molecule has 7 aromatic rings. The Labute approximate surface area is 329 Å². The van der Waals surface area contributed by atoms with Crippen LogP contribution >= 0.6 is 31.9 Å². The van der Waals surface area contributed by atoms with Gasteiger partial charge < -0.3 is 18.9 Å². The molecule has 7 aromatic carbocycles. The Hall–Kier alpha value is -5.40. The number of halogens is 2. The zero-order valence-corrected chi connectivity index (χ0v) is 32.8. The van der Waals surface area contributed by atoms with E-state index in [0.717, 1.165) is 8.95 Å². The van der Waals surface area contributed by atoms with E-state index in [0.29, 0.717) is 34.5 Å². The average Bonchev–Trinajstić information content (AvgIpc) is 3.16. The predicted octanol–water partition coefficient (Wildman–Crippen LogP) is 12.0.